The molecular formula is C30H39F4NO5. The van der Waals surface area contributed by atoms with Gasteiger partial charge in [0.15, 0.2) is 5.79 Å². The maximum absolute atomic E-state index is 14.0. The van der Waals surface area contributed by atoms with E-state index in [-0.39, 0.29) is 44.2 Å². The van der Waals surface area contributed by atoms with Gasteiger partial charge in [0.1, 0.15) is 17.2 Å². The molecule has 0 saturated carbocycles. The summed E-state index contributed by atoms with van der Waals surface area (Å²) in [4.78, 5) is 12.6. The summed E-state index contributed by atoms with van der Waals surface area (Å²) in [6, 6.07) is 8.70. The summed E-state index contributed by atoms with van der Waals surface area (Å²) in [6.07, 6.45) is -4.14. The van der Waals surface area contributed by atoms with Crippen LogP contribution in [0.15, 0.2) is 36.4 Å². The normalized spacial score (nSPS) is 16.9. The lowest BCUT2D eigenvalue weighted by Gasteiger charge is -2.44. The van der Waals surface area contributed by atoms with Gasteiger partial charge >= 0.3 is 12.3 Å². The Labute approximate surface area is 233 Å². The predicted octanol–water partition coefficient (Wildman–Crippen LogP) is 7.14. The first-order chi connectivity index (χ1) is 18.5. The monoisotopic (exact) mass is 569 g/mol. The fourth-order valence-corrected chi connectivity index (χ4v) is 4.31. The van der Waals surface area contributed by atoms with Crippen LogP contribution in [0.5, 0.6) is 5.75 Å². The van der Waals surface area contributed by atoms with Crippen molar-refractivity contribution in [2.45, 2.75) is 90.3 Å². The fraction of sp³-hybridized carbons (Fsp3) is 0.567. The summed E-state index contributed by atoms with van der Waals surface area (Å²) in [7, 11) is 0. The van der Waals surface area contributed by atoms with Gasteiger partial charge < -0.3 is 24.3 Å². The molecule has 0 aliphatic carbocycles. The van der Waals surface area contributed by atoms with Crippen LogP contribution >= 0.6 is 0 Å². The number of carbonyl (C=O) groups excluding carboxylic acids is 1. The van der Waals surface area contributed by atoms with E-state index in [0.29, 0.717) is 24.0 Å². The molecule has 2 aromatic carbocycles. The van der Waals surface area contributed by atoms with Crippen molar-refractivity contribution >= 4 is 6.09 Å². The van der Waals surface area contributed by atoms with Crippen molar-refractivity contribution in [1.82, 2.24) is 5.32 Å². The minimum absolute atomic E-state index is 0.00317. The number of ether oxygens (including phenoxy) is 4. The number of aryl methyl sites for hydroxylation is 3. The molecule has 1 fully saturated rings. The molecule has 10 heteroatoms. The van der Waals surface area contributed by atoms with Crippen molar-refractivity contribution < 1.29 is 41.3 Å². The van der Waals surface area contributed by atoms with Crippen molar-refractivity contribution in [3.63, 3.8) is 0 Å². The third-order valence-electron chi connectivity index (χ3n) is 6.45. The Morgan fingerprint density at radius 1 is 1.02 bits per heavy atom. The summed E-state index contributed by atoms with van der Waals surface area (Å²) in [6.45, 7) is 10.8. The summed E-state index contributed by atoms with van der Waals surface area (Å²) in [5, 5.41) is 2.82. The number of amides is 1. The van der Waals surface area contributed by atoms with E-state index in [9.17, 15) is 22.4 Å². The molecule has 6 nitrogen and oxygen atoms in total. The van der Waals surface area contributed by atoms with E-state index in [2.05, 4.69) is 5.32 Å². The van der Waals surface area contributed by atoms with E-state index in [1.165, 1.54) is 12.1 Å². The zero-order valence-electron chi connectivity index (χ0n) is 24.0. The Morgan fingerprint density at radius 3 is 2.33 bits per heavy atom. The molecule has 2 aromatic rings. The van der Waals surface area contributed by atoms with Crippen molar-refractivity contribution in [3.8, 4) is 5.75 Å². The van der Waals surface area contributed by atoms with Crippen LogP contribution in [0.3, 0.4) is 0 Å². The van der Waals surface area contributed by atoms with E-state index in [4.69, 9.17) is 18.9 Å². The number of carbonyl (C=O) groups is 1. The molecule has 1 aliphatic heterocycles. The third-order valence-corrected chi connectivity index (χ3v) is 6.45. The van der Waals surface area contributed by atoms with E-state index in [0.717, 1.165) is 11.6 Å². The number of nitrogens with one attached hydrogen (secondary N) is 1. The van der Waals surface area contributed by atoms with Crippen molar-refractivity contribution in [1.29, 1.82) is 0 Å². The number of alkyl carbamates (subject to hydrolysis) is 1. The molecule has 40 heavy (non-hydrogen) atoms. The highest BCUT2D eigenvalue weighted by Gasteiger charge is 2.42. The standard InChI is InChI=1S/C30H39F4NO5/c1-20-9-11-24(31)22(16-20)8-7-15-37-25-12-10-21(17-23(25)30(32,33)34)13-14-29(18-38-28(5,6)39-19-29)35-26(36)40-27(2,3)4/h9-12,16-17H,7-8,13-15,18-19H2,1-6H3,(H,35,36). The molecule has 0 atom stereocenters. The van der Waals surface area contributed by atoms with Gasteiger partial charge in [0, 0.05) is 0 Å². The predicted molar refractivity (Wildman–Crippen MR) is 143 cm³/mol. The number of hydrogen-bond donors (Lipinski definition) is 1. The van der Waals surface area contributed by atoms with Crippen LogP contribution in [0.1, 0.15) is 69.7 Å². The van der Waals surface area contributed by atoms with Gasteiger partial charge in [-0.05, 0) is 96.6 Å². The van der Waals surface area contributed by atoms with E-state index in [1.54, 1.807) is 52.8 Å². The second-order valence-electron chi connectivity index (χ2n) is 11.8. The lowest BCUT2D eigenvalue weighted by molar-refractivity contribution is -0.271. The van der Waals surface area contributed by atoms with Gasteiger partial charge in [0.25, 0.3) is 0 Å². The Balaban J connectivity index is 1.69. The summed E-state index contributed by atoms with van der Waals surface area (Å²) >= 11 is 0. The van der Waals surface area contributed by atoms with Gasteiger partial charge in [-0.1, -0.05) is 23.8 Å². The molecule has 222 valence electrons. The Bertz CT molecular complexity index is 1160. The summed E-state index contributed by atoms with van der Waals surface area (Å²) < 4.78 is 78.2. The fourth-order valence-electron chi connectivity index (χ4n) is 4.31. The average Bonchev–Trinajstić information content (AvgIpc) is 2.83. The molecule has 1 N–H and O–H groups in total. The zero-order valence-corrected chi connectivity index (χ0v) is 24.0. The van der Waals surface area contributed by atoms with E-state index in [1.807, 2.05) is 6.92 Å². The van der Waals surface area contributed by atoms with E-state index >= 15 is 0 Å². The van der Waals surface area contributed by atoms with Gasteiger partial charge in [-0.3, -0.25) is 0 Å². The Morgan fingerprint density at radius 2 is 1.70 bits per heavy atom. The number of benzene rings is 2. The van der Waals surface area contributed by atoms with Crippen LogP contribution in [0.4, 0.5) is 22.4 Å². The minimum Gasteiger partial charge on any atom is -0.493 e. The number of hydrogen-bond acceptors (Lipinski definition) is 5. The first kappa shape index (κ1) is 31.7. The highest BCUT2D eigenvalue weighted by Crippen LogP contribution is 2.38. The summed E-state index contributed by atoms with van der Waals surface area (Å²) in [5.41, 5.74) is -0.786. The molecule has 3 rings (SSSR count). The Kier molecular flexibility index (Phi) is 9.78. The number of halogens is 4. The molecule has 0 radical (unpaired) electrons. The molecule has 0 spiro atoms. The van der Waals surface area contributed by atoms with E-state index < -0.39 is 34.8 Å². The van der Waals surface area contributed by atoms with Gasteiger partial charge in [0.2, 0.25) is 0 Å². The van der Waals surface area contributed by atoms with Crippen LogP contribution in [-0.2, 0) is 33.2 Å². The highest BCUT2D eigenvalue weighted by molar-refractivity contribution is 5.69. The largest absolute Gasteiger partial charge is 0.493 e. The molecule has 1 amide bonds. The average molecular weight is 570 g/mol. The maximum atomic E-state index is 14.0. The minimum atomic E-state index is -4.64. The van der Waals surface area contributed by atoms with Gasteiger partial charge in [-0.2, -0.15) is 13.2 Å². The van der Waals surface area contributed by atoms with Gasteiger partial charge in [0.05, 0.1) is 30.9 Å². The molecule has 0 aromatic heterocycles. The molecule has 0 bridgehead atoms. The molecule has 1 heterocycles. The van der Waals surface area contributed by atoms with Crippen LogP contribution in [0, 0.1) is 12.7 Å². The number of rotatable bonds is 9. The highest BCUT2D eigenvalue weighted by atomic mass is 19.4. The van der Waals surface area contributed by atoms with Crippen molar-refractivity contribution in [2.24, 2.45) is 0 Å². The van der Waals surface area contributed by atoms with Gasteiger partial charge in [-0.25, -0.2) is 9.18 Å². The second-order valence-corrected chi connectivity index (χ2v) is 11.8. The molecule has 1 aliphatic rings. The van der Waals surface area contributed by atoms with Crippen LogP contribution in [0.25, 0.3) is 0 Å². The summed E-state index contributed by atoms with van der Waals surface area (Å²) in [5.74, 6) is -1.48. The van der Waals surface area contributed by atoms with Gasteiger partial charge in [-0.15, -0.1) is 0 Å². The SMILES string of the molecule is Cc1ccc(F)c(CCCOc2ccc(CCC3(NC(=O)OC(C)(C)C)COC(C)(C)OC3)cc2C(F)(F)F)c1. The molecule has 1 saturated heterocycles. The van der Waals surface area contributed by atoms with Crippen LogP contribution in [0.2, 0.25) is 0 Å². The van der Waals surface area contributed by atoms with Crippen molar-refractivity contribution in [3.05, 3.63) is 64.5 Å². The quantitative estimate of drug-likeness (QED) is 0.257. The smallest absolute Gasteiger partial charge is 0.419 e. The van der Waals surface area contributed by atoms with Crippen LogP contribution in [-0.4, -0.2) is 42.8 Å². The maximum Gasteiger partial charge on any atom is 0.419 e. The first-order valence-corrected chi connectivity index (χ1v) is 13.3. The molecule has 0 unspecified atom stereocenters. The second kappa shape index (κ2) is 12.3. The zero-order chi connectivity index (χ0) is 29.8. The van der Waals surface area contributed by atoms with Crippen molar-refractivity contribution in [2.75, 3.05) is 19.8 Å². The first-order valence-electron chi connectivity index (χ1n) is 13.3. The van der Waals surface area contributed by atoms with Crippen LogP contribution < -0.4 is 10.1 Å². The number of alkyl halides is 3. The Hall–Kier alpha value is -2.85. The molecular weight excluding hydrogens is 530 g/mol. The third kappa shape index (κ3) is 9.37. The topological polar surface area (TPSA) is 66.0 Å². The lowest BCUT2D eigenvalue weighted by Crippen LogP contribution is -2.61. The lowest BCUT2D eigenvalue weighted by atomic mass is 9.91.